The molecule has 0 aliphatic carbocycles. The first kappa shape index (κ1) is 24.5. The van der Waals surface area contributed by atoms with Crippen molar-refractivity contribution in [1.29, 1.82) is 0 Å². The predicted molar refractivity (Wildman–Crippen MR) is 128 cm³/mol. The Morgan fingerprint density at radius 2 is 1.48 bits per heavy atom. The maximum Gasteiger partial charge on any atom is 0.185 e. The summed E-state index contributed by atoms with van der Waals surface area (Å²) < 4.78 is 17.6. The van der Waals surface area contributed by atoms with Crippen LogP contribution in [0.5, 0.6) is 17.2 Å². The number of hydrogen-bond acceptors (Lipinski definition) is 4. The molecule has 0 aliphatic heterocycles. The molecule has 0 saturated carbocycles. The van der Waals surface area contributed by atoms with Gasteiger partial charge in [-0.2, -0.15) is 0 Å². The Labute approximate surface area is 187 Å². The van der Waals surface area contributed by atoms with Gasteiger partial charge >= 0.3 is 0 Å². The molecule has 2 rings (SSSR count). The molecular weight excluding hydrogens is 388 g/mol. The third-order valence-corrected chi connectivity index (χ3v) is 4.94. The van der Waals surface area contributed by atoms with Gasteiger partial charge in [0.2, 0.25) is 0 Å². The van der Waals surface area contributed by atoms with E-state index >= 15 is 0 Å². The van der Waals surface area contributed by atoms with Crippen LogP contribution in [-0.2, 0) is 0 Å². The van der Waals surface area contributed by atoms with Gasteiger partial charge in [0.05, 0.1) is 19.8 Å². The normalized spacial score (nSPS) is 11.0. The van der Waals surface area contributed by atoms with E-state index in [1.807, 2.05) is 37.3 Å². The molecule has 0 atom stereocenters. The number of rotatable bonds is 14. The first-order valence-corrected chi connectivity index (χ1v) is 11.4. The van der Waals surface area contributed by atoms with Gasteiger partial charge in [0.15, 0.2) is 17.3 Å². The number of allylic oxidation sites excluding steroid dienone is 1. The van der Waals surface area contributed by atoms with Crippen molar-refractivity contribution in [2.45, 2.75) is 59.8 Å². The quantitative estimate of drug-likeness (QED) is 0.185. The van der Waals surface area contributed by atoms with Crippen molar-refractivity contribution in [2.75, 3.05) is 19.8 Å². The molecule has 2 aromatic rings. The Kier molecular flexibility index (Phi) is 10.7. The maximum absolute atomic E-state index is 12.6. The highest BCUT2D eigenvalue weighted by Gasteiger charge is 2.12. The molecule has 0 saturated heterocycles. The predicted octanol–water partition coefficient (Wildman–Crippen LogP) is 7.04. The van der Waals surface area contributed by atoms with E-state index < -0.39 is 0 Å². The molecule has 2 aromatic carbocycles. The van der Waals surface area contributed by atoms with E-state index in [1.165, 1.54) is 0 Å². The Hall–Kier alpha value is -2.75. The summed E-state index contributed by atoms with van der Waals surface area (Å²) in [6.07, 6.45) is 8.56. The Morgan fingerprint density at radius 3 is 2.13 bits per heavy atom. The summed E-state index contributed by atoms with van der Waals surface area (Å²) >= 11 is 0. The third kappa shape index (κ3) is 7.78. The van der Waals surface area contributed by atoms with Gasteiger partial charge in [-0.05, 0) is 68.2 Å². The van der Waals surface area contributed by atoms with Gasteiger partial charge in [-0.3, -0.25) is 4.79 Å². The van der Waals surface area contributed by atoms with E-state index in [0.717, 1.165) is 60.5 Å². The lowest BCUT2D eigenvalue weighted by Gasteiger charge is -2.16. The largest absolute Gasteiger partial charge is 0.494 e. The maximum atomic E-state index is 12.6. The molecule has 0 amide bonds. The fourth-order valence-electron chi connectivity index (χ4n) is 3.00. The molecule has 0 unspecified atom stereocenters. The van der Waals surface area contributed by atoms with Crippen molar-refractivity contribution < 1.29 is 19.0 Å². The Balaban J connectivity index is 2.15. The van der Waals surface area contributed by atoms with Crippen LogP contribution >= 0.6 is 0 Å². The van der Waals surface area contributed by atoms with Crippen molar-refractivity contribution in [2.24, 2.45) is 0 Å². The average molecular weight is 425 g/mol. The SMILES string of the molecule is CCCCOc1ccc(/C=C/C(=O)c2ccc(OCCC)cc2)c(C)c1OCCCC. The van der Waals surface area contributed by atoms with Crippen LogP contribution < -0.4 is 14.2 Å². The Morgan fingerprint density at radius 1 is 0.806 bits per heavy atom. The number of carbonyl (C=O) groups excluding carboxylic acids is 1. The fraction of sp³-hybridized carbons (Fsp3) is 0.444. The zero-order chi connectivity index (χ0) is 22.5. The first-order chi connectivity index (χ1) is 15.1. The van der Waals surface area contributed by atoms with Crippen molar-refractivity contribution in [3.05, 3.63) is 59.2 Å². The standard InChI is InChI=1S/C27H36O4/c1-5-8-19-30-26-17-13-22(21(4)27(26)31-20-9-6-2)12-16-25(28)23-10-14-24(15-11-23)29-18-7-3/h10-17H,5-9,18-20H2,1-4H3/b16-12+. The molecule has 4 nitrogen and oxygen atoms in total. The van der Waals surface area contributed by atoms with E-state index in [4.69, 9.17) is 14.2 Å². The summed E-state index contributed by atoms with van der Waals surface area (Å²) in [5.74, 6) is 2.29. The van der Waals surface area contributed by atoms with Crippen molar-refractivity contribution in [1.82, 2.24) is 0 Å². The number of carbonyl (C=O) groups is 1. The van der Waals surface area contributed by atoms with Gasteiger partial charge in [-0.15, -0.1) is 0 Å². The minimum atomic E-state index is -0.0434. The van der Waals surface area contributed by atoms with Crippen LogP contribution in [0.1, 0.15) is 74.4 Å². The van der Waals surface area contributed by atoms with Crippen LogP contribution in [0.2, 0.25) is 0 Å². The zero-order valence-corrected chi connectivity index (χ0v) is 19.4. The molecule has 0 aliphatic rings. The molecule has 4 heteroatoms. The van der Waals surface area contributed by atoms with Crippen LogP contribution in [0.15, 0.2) is 42.5 Å². The molecule has 0 heterocycles. The van der Waals surface area contributed by atoms with Crippen LogP contribution in [0.25, 0.3) is 6.08 Å². The van der Waals surface area contributed by atoms with Crippen LogP contribution in [0, 0.1) is 6.92 Å². The zero-order valence-electron chi connectivity index (χ0n) is 19.4. The molecule has 0 aromatic heterocycles. The summed E-state index contributed by atoms with van der Waals surface area (Å²) in [7, 11) is 0. The first-order valence-electron chi connectivity index (χ1n) is 11.4. The summed E-state index contributed by atoms with van der Waals surface area (Å²) in [6, 6.07) is 11.2. The number of hydrogen-bond donors (Lipinski definition) is 0. The summed E-state index contributed by atoms with van der Waals surface area (Å²) in [5.41, 5.74) is 2.57. The van der Waals surface area contributed by atoms with Gasteiger partial charge in [-0.1, -0.05) is 45.8 Å². The van der Waals surface area contributed by atoms with Gasteiger partial charge in [0.1, 0.15) is 5.75 Å². The lowest BCUT2D eigenvalue weighted by Crippen LogP contribution is -2.04. The fourth-order valence-corrected chi connectivity index (χ4v) is 3.00. The second-order valence-electron chi connectivity index (χ2n) is 7.58. The highest BCUT2D eigenvalue weighted by atomic mass is 16.5. The van der Waals surface area contributed by atoms with Crippen molar-refractivity contribution in [3.63, 3.8) is 0 Å². The van der Waals surface area contributed by atoms with Crippen LogP contribution in [0.4, 0.5) is 0 Å². The summed E-state index contributed by atoms with van der Waals surface area (Å²) in [5, 5.41) is 0. The van der Waals surface area contributed by atoms with Gasteiger partial charge < -0.3 is 14.2 Å². The lowest BCUT2D eigenvalue weighted by atomic mass is 10.0. The molecular formula is C27H36O4. The molecule has 0 bridgehead atoms. The number of ether oxygens (including phenoxy) is 3. The summed E-state index contributed by atoms with van der Waals surface area (Å²) in [4.78, 5) is 12.6. The van der Waals surface area contributed by atoms with E-state index in [9.17, 15) is 4.79 Å². The third-order valence-electron chi connectivity index (χ3n) is 4.94. The number of ketones is 1. The number of benzene rings is 2. The van der Waals surface area contributed by atoms with Gasteiger partial charge in [0, 0.05) is 11.1 Å². The number of unbranched alkanes of at least 4 members (excludes halogenated alkanes) is 2. The Bertz CT molecular complexity index is 837. The highest BCUT2D eigenvalue weighted by Crippen LogP contribution is 2.34. The second kappa shape index (κ2) is 13.5. The van der Waals surface area contributed by atoms with E-state index in [2.05, 4.69) is 20.8 Å². The minimum Gasteiger partial charge on any atom is -0.494 e. The van der Waals surface area contributed by atoms with E-state index in [0.29, 0.717) is 25.4 Å². The molecule has 31 heavy (non-hydrogen) atoms. The minimum absolute atomic E-state index is 0.0434. The molecule has 0 radical (unpaired) electrons. The highest BCUT2D eigenvalue weighted by molar-refractivity contribution is 6.07. The molecule has 0 fully saturated rings. The van der Waals surface area contributed by atoms with Gasteiger partial charge in [0.25, 0.3) is 0 Å². The van der Waals surface area contributed by atoms with E-state index in [-0.39, 0.29) is 5.78 Å². The van der Waals surface area contributed by atoms with Gasteiger partial charge in [-0.25, -0.2) is 0 Å². The van der Waals surface area contributed by atoms with E-state index in [1.54, 1.807) is 18.2 Å². The molecule has 0 N–H and O–H groups in total. The van der Waals surface area contributed by atoms with Crippen molar-refractivity contribution >= 4 is 11.9 Å². The molecule has 168 valence electrons. The molecule has 0 spiro atoms. The monoisotopic (exact) mass is 424 g/mol. The van der Waals surface area contributed by atoms with Crippen LogP contribution in [-0.4, -0.2) is 25.6 Å². The smallest absolute Gasteiger partial charge is 0.185 e. The van der Waals surface area contributed by atoms with Crippen molar-refractivity contribution in [3.8, 4) is 17.2 Å². The summed E-state index contributed by atoms with van der Waals surface area (Å²) in [6.45, 7) is 10.4. The topological polar surface area (TPSA) is 44.8 Å². The average Bonchev–Trinajstić information content (AvgIpc) is 2.79. The van der Waals surface area contributed by atoms with Crippen LogP contribution in [0.3, 0.4) is 0 Å². The lowest BCUT2D eigenvalue weighted by molar-refractivity contribution is 0.104. The second-order valence-corrected chi connectivity index (χ2v) is 7.58.